The van der Waals surface area contributed by atoms with Crippen molar-refractivity contribution in [3.8, 4) is 56.4 Å². The van der Waals surface area contributed by atoms with Crippen LogP contribution in [-0.4, -0.2) is 15.0 Å². The monoisotopic (exact) mass is 755 g/mol. The van der Waals surface area contributed by atoms with Crippen molar-refractivity contribution in [3.05, 3.63) is 221 Å². The lowest BCUT2D eigenvalue weighted by atomic mass is 9.67. The maximum Gasteiger partial charge on any atom is 0.167 e. The molecule has 10 aromatic rings. The second-order valence-corrected chi connectivity index (χ2v) is 16.2. The molecule has 0 bridgehead atoms. The van der Waals surface area contributed by atoms with Crippen LogP contribution in [0.4, 0.5) is 0 Å². The molecule has 0 unspecified atom stereocenters. The highest BCUT2D eigenvalue weighted by atomic mass is 16.3. The Hall–Kier alpha value is -7.43. The second-order valence-electron chi connectivity index (χ2n) is 16.2. The molecule has 12 rings (SSSR count). The number of nitrogens with zero attached hydrogens (tertiary/aromatic N) is 3. The third-order valence-electron chi connectivity index (χ3n) is 12.9. The van der Waals surface area contributed by atoms with Gasteiger partial charge in [-0.1, -0.05) is 190 Å². The maximum absolute atomic E-state index is 6.62. The van der Waals surface area contributed by atoms with Gasteiger partial charge in [0.25, 0.3) is 0 Å². The summed E-state index contributed by atoms with van der Waals surface area (Å²) in [7, 11) is 0. The van der Waals surface area contributed by atoms with Crippen molar-refractivity contribution in [1.29, 1.82) is 0 Å². The normalized spacial score (nSPS) is 14.2. The molecule has 59 heavy (non-hydrogen) atoms. The van der Waals surface area contributed by atoms with E-state index < -0.39 is 5.41 Å². The highest BCUT2D eigenvalue weighted by Crippen LogP contribution is 2.58. The smallest absolute Gasteiger partial charge is 0.167 e. The number of benzene rings is 8. The van der Waals surface area contributed by atoms with Crippen LogP contribution in [0.5, 0.6) is 0 Å². The van der Waals surface area contributed by atoms with E-state index in [-0.39, 0.29) is 5.41 Å². The Bertz CT molecular complexity index is 3270. The molecule has 0 radical (unpaired) electrons. The van der Waals surface area contributed by atoms with Gasteiger partial charge in [-0.3, -0.25) is 0 Å². The van der Waals surface area contributed by atoms with E-state index in [1.165, 1.54) is 50.1 Å². The fourth-order valence-corrected chi connectivity index (χ4v) is 10.3. The Balaban J connectivity index is 1.18. The van der Waals surface area contributed by atoms with Crippen molar-refractivity contribution in [3.63, 3.8) is 0 Å². The van der Waals surface area contributed by atoms with Gasteiger partial charge in [0.15, 0.2) is 17.5 Å². The lowest BCUT2D eigenvalue weighted by Crippen LogP contribution is -2.28. The summed E-state index contributed by atoms with van der Waals surface area (Å²) in [5.41, 5.74) is 15.8. The van der Waals surface area contributed by atoms with Crippen LogP contribution in [0.15, 0.2) is 192 Å². The molecule has 0 aliphatic heterocycles. The lowest BCUT2D eigenvalue weighted by molar-refractivity contribution is 0.660. The predicted molar refractivity (Wildman–Crippen MR) is 238 cm³/mol. The fraction of sp³-hybridized carbons (Fsp3) is 0.0727. The average molecular weight is 756 g/mol. The zero-order chi connectivity index (χ0) is 39.3. The summed E-state index contributed by atoms with van der Waals surface area (Å²) >= 11 is 0. The van der Waals surface area contributed by atoms with Crippen LogP contribution < -0.4 is 0 Å². The van der Waals surface area contributed by atoms with Crippen molar-refractivity contribution < 1.29 is 4.42 Å². The van der Waals surface area contributed by atoms with Crippen LogP contribution in [0, 0.1) is 0 Å². The van der Waals surface area contributed by atoms with E-state index in [2.05, 4.69) is 190 Å². The molecule has 0 fully saturated rings. The minimum absolute atomic E-state index is 0.178. The molecule has 4 heteroatoms. The van der Waals surface area contributed by atoms with E-state index in [0.29, 0.717) is 17.5 Å². The number of fused-ring (bicyclic) bond motifs is 9. The van der Waals surface area contributed by atoms with Crippen molar-refractivity contribution in [2.24, 2.45) is 0 Å². The molecule has 8 aromatic carbocycles. The minimum atomic E-state index is -0.557. The first-order valence-corrected chi connectivity index (χ1v) is 20.3. The molecular weight excluding hydrogens is 719 g/mol. The van der Waals surface area contributed by atoms with Gasteiger partial charge in [-0.15, -0.1) is 0 Å². The predicted octanol–water partition coefficient (Wildman–Crippen LogP) is 13.4. The first-order valence-electron chi connectivity index (χ1n) is 20.3. The minimum Gasteiger partial charge on any atom is -0.455 e. The Morgan fingerprint density at radius 3 is 1.47 bits per heavy atom. The first kappa shape index (κ1) is 33.7. The Morgan fingerprint density at radius 1 is 0.356 bits per heavy atom. The van der Waals surface area contributed by atoms with Crippen LogP contribution >= 0.6 is 0 Å². The third kappa shape index (κ3) is 4.69. The number of hydrogen-bond acceptors (Lipinski definition) is 4. The lowest BCUT2D eigenvalue weighted by Gasteiger charge is -2.33. The largest absolute Gasteiger partial charge is 0.455 e. The van der Waals surface area contributed by atoms with Gasteiger partial charge >= 0.3 is 0 Å². The van der Waals surface area contributed by atoms with Gasteiger partial charge in [0.2, 0.25) is 0 Å². The summed E-state index contributed by atoms with van der Waals surface area (Å²) in [5.74, 6) is 1.81. The topological polar surface area (TPSA) is 51.8 Å². The Labute approximate surface area is 342 Å². The van der Waals surface area contributed by atoms with Gasteiger partial charge in [-0.2, -0.15) is 0 Å². The quantitative estimate of drug-likeness (QED) is 0.176. The van der Waals surface area contributed by atoms with Crippen LogP contribution in [0.1, 0.15) is 47.2 Å². The van der Waals surface area contributed by atoms with Crippen molar-refractivity contribution in [2.45, 2.75) is 24.7 Å². The molecule has 2 aromatic heterocycles. The summed E-state index contributed by atoms with van der Waals surface area (Å²) in [6.45, 7) is 4.62. The summed E-state index contributed by atoms with van der Waals surface area (Å²) in [5, 5.41) is 2.09. The molecule has 0 atom stereocenters. The standard InChI is InChI=1S/C55H37N3O/c1-54(2)43-29-12-9-23-38(43)48-40(26-16-31-45(48)54)51-56-52(58-53(57-51)42-28-15-25-37-36-22-11-14-33-47(36)59-50(37)42)41-27-17-32-46-49(41)39-24-10-13-30-44(39)55(46,34-18-5-3-6-19-34)35-20-7-4-8-21-35/h3-33H,1-2H3. The van der Waals surface area contributed by atoms with E-state index in [9.17, 15) is 0 Å². The molecular formula is C55H37N3O. The Morgan fingerprint density at radius 2 is 0.797 bits per heavy atom. The molecule has 2 heterocycles. The molecule has 2 aliphatic carbocycles. The van der Waals surface area contributed by atoms with E-state index in [4.69, 9.17) is 19.4 Å². The molecule has 278 valence electrons. The van der Waals surface area contributed by atoms with Gasteiger partial charge in [-0.05, 0) is 67.8 Å². The summed E-state index contributed by atoms with van der Waals surface area (Å²) in [6.07, 6.45) is 0. The zero-order valence-electron chi connectivity index (χ0n) is 32.6. The number of aromatic nitrogens is 3. The average Bonchev–Trinajstić information content (AvgIpc) is 3.91. The van der Waals surface area contributed by atoms with Crippen molar-refractivity contribution in [1.82, 2.24) is 15.0 Å². The van der Waals surface area contributed by atoms with Crippen LogP contribution in [0.3, 0.4) is 0 Å². The summed E-state index contributed by atoms with van der Waals surface area (Å²) in [4.78, 5) is 16.4. The maximum atomic E-state index is 6.62. The number of rotatable bonds is 5. The van der Waals surface area contributed by atoms with Gasteiger partial charge in [0, 0.05) is 27.3 Å². The molecule has 0 amide bonds. The molecule has 0 saturated heterocycles. The van der Waals surface area contributed by atoms with E-state index in [1.54, 1.807) is 0 Å². The van der Waals surface area contributed by atoms with E-state index in [1.807, 2.05) is 12.1 Å². The summed E-state index contributed by atoms with van der Waals surface area (Å²) < 4.78 is 6.62. The highest BCUT2D eigenvalue weighted by Gasteiger charge is 2.47. The number of furan rings is 1. The van der Waals surface area contributed by atoms with Crippen molar-refractivity contribution in [2.75, 3.05) is 0 Å². The number of hydrogen-bond donors (Lipinski definition) is 0. The number of para-hydroxylation sites is 2. The van der Waals surface area contributed by atoms with Crippen molar-refractivity contribution >= 4 is 21.9 Å². The summed E-state index contributed by atoms with van der Waals surface area (Å²) in [6, 6.07) is 67.1. The molecule has 0 N–H and O–H groups in total. The highest BCUT2D eigenvalue weighted by molar-refractivity contribution is 6.09. The van der Waals surface area contributed by atoms with Crippen LogP contribution in [0.2, 0.25) is 0 Å². The third-order valence-corrected chi connectivity index (χ3v) is 12.9. The van der Waals surface area contributed by atoms with Crippen LogP contribution in [0.25, 0.3) is 78.4 Å². The molecule has 4 nitrogen and oxygen atoms in total. The first-order chi connectivity index (χ1) is 29.0. The zero-order valence-corrected chi connectivity index (χ0v) is 32.6. The SMILES string of the molecule is CC1(C)c2ccccc2-c2c(-c3nc(-c4cccc5c4-c4ccccc4C5(c4ccccc4)c4ccccc4)nc(-c4cccc5c4oc4ccccc45)n3)cccc21. The second kappa shape index (κ2) is 12.5. The molecule has 0 saturated carbocycles. The molecule has 2 aliphatic rings. The molecule has 0 spiro atoms. The Kier molecular flexibility index (Phi) is 7.16. The van der Waals surface area contributed by atoms with Crippen LogP contribution in [-0.2, 0) is 10.8 Å². The van der Waals surface area contributed by atoms with Gasteiger partial charge in [-0.25, -0.2) is 15.0 Å². The van der Waals surface area contributed by atoms with E-state index in [0.717, 1.165) is 44.2 Å². The van der Waals surface area contributed by atoms with Gasteiger partial charge in [0.1, 0.15) is 11.2 Å². The van der Waals surface area contributed by atoms with Gasteiger partial charge < -0.3 is 4.42 Å². The van der Waals surface area contributed by atoms with E-state index >= 15 is 0 Å². The van der Waals surface area contributed by atoms with Gasteiger partial charge in [0.05, 0.1) is 11.0 Å². The fourth-order valence-electron chi connectivity index (χ4n) is 10.3.